The maximum absolute atomic E-state index is 12.4. The van der Waals surface area contributed by atoms with Gasteiger partial charge in [0.05, 0.1) is 17.8 Å². The summed E-state index contributed by atoms with van der Waals surface area (Å²) in [5, 5.41) is 2.93. The number of hydrogen-bond donors (Lipinski definition) is 3. The zero-order chi connectivity index (χ0) is 17.8. The molecule has 0 aliphatic carbocycles. The quantitative estimate of drug-likeness (QED) is 0.700. The van der Waals surface area contributed by atoms with Crippen LogP contribution in [0, 0.1) is 0 Å². The lowest BCUT2D eigenvalue weighted by Crippen LogP contribution is -2.22. The SMILES string of the molecule is Cl.NC(=O)c1ccc(N2CCCC2)c(NC(=O)Cc2ccc(N)cc2)c1. The Bertz CT molecular complexity index is 787. The summed E-state index contributed by atoms with van der Waals surface area (Å²) in [6, 6.07) is 12.4. The highest BCUT2D eigenvalue weighted by atomic mass is 35.5. The van der Waals surface area contributed by atoms with Gasteiger partial charge in [0.15, 0.2) is 0 Å². The minimum absolute atomic E-state index is 0. The van der Waals surface area contributed by atoms with Crippen LogP contribution in [0.15, 0.2) is 42.5 Å². The predicted octanol–water partition coefficient (Wildman–Crippen LogP) is 2.57. The molecule has 138 valence electrons. The second-order valence-electron chi connectivity index (χ2n) is 6.26. The minimum atomic E-state index is -0.512. The number of anilines is 3. The number of benzene rings is 2. The number of primary amides is 1. The van der Waals surface area contributed by atoms with Gasteiger partial charge in [-0.1, -0.05) is 12.1 Å². The molecule has 0 aromatic heterocycles. The summed E-state index contributed by atoms with van der Waals surface area (Å²) in [4.78, 5) is 26.1. The topological polar surface area (TPSA) is 101 Å². The van der Waals surface area contributed by atoms with Crippen LogP contribution in [0.3, 0.4) is 0 Å². The number of nitrogens with two attached hydrogens (primary N) is 2. The van der Waals surface area contributed by atoms with Crippen molar-refractivity contribution in [3.63, 3.8) is 0 Å². The average Bonchev–Trinajstić information content (AvgIpc) is 3.11. The molecule has 2 amide bonds. The highest BCUT2D eigenvalue weighted by Gasteiger charge is 2.18. The van der Waals surface area contributed by atoms with Crippen LogP contribution >= 0.6 is 12.4 Å². The number of amides is 2. The van der Waals surface area contributed by atoms with Crippen molar-refractivity contribution in [1.82, 2.24) is 0 Å². The van der Waals surface area contributed by atoms with Crippen molar-refractivity contribution in [2.24, 2.45) is 5.73 Å². The Hall–Kier alpha value is -2.73. The van der Waals surface area contributed by atoms with E-state index in [2.05, 4.69) is 10.2 Å². The second kappa shape index (κ2) is 8.58. The predicted molar refractivity (Wildman–Crippen MR) is 107 cm³/mol. The lowest BCUT2D eigenvalue weighted by Gasteiger charge is -2.22. The Kier molecular flexibility index (Phi) is 6.46. The van der Waals surface area contributed by atoms with Gasteiger partial charge in [-0.05, 0) is 48.7 Å². The highest BCUT2D eigenvalue weighted by Crippen LogP contribution is 2.30. The number of nitrogens with one attached hydrogen (secondary N) is 1. The van der Waals surface area contributed by atoms with E-state index in [9.17, 15) is 9.59 Å². The standard InChI is InChI=1S/C19H22N4O2.ClH/c20-15-6-3-13(4-7-15)11-18(24)22-16-12-14(19(21)25)5-8-17(16)23-9-1-2-10-23;/h3-8,12H,1-2,9-11,20H2,(H2,21,25)(H,22,24);1H. The van der Waals surface area contributed by atoms with Gasteiger partial charge in [0, 0.05) is 24.3 Å². The van der Waals surface area contributed by atoms with Gasteiger partial charge in [-0.25, -0.2) is 0 Å². The Labute approximate surface area is 159 Å². The van der Waals surface area contributed by atoms with Gasteiger partial charge in [0.1, 0.15) is 0 Å². The molecule has 7 heteroatoms. The van der Waals surface area contributed by atoms with E-state index in [1.807, 2.05) is 18.2 Å². The smallest absolute Gasteiger partial charge is 0.248 e. The molecular weight excluding hydrogens is 352 g/mol. The molecule has 1 fully saturated rings. The van der Waals surface area contributed by atoms with Gasteiger partial charge in [-0.3, -0.25) is 9.59 Å². The van der Waals surface area contributed by atoms with Crippen LogP contribution in [0.1, 0.15) is 28.8 Å². The molecule has 26 heavy (non-hydrogen) atoms. The normalized spacial score (nSPS) is 13.2. The van der Waals surface area contributed by atoms with Crippen molar-refractivity contribution >= 4 is 41.3 Å². The Balaban J connectivity index is 0.00000243. The van der Waals surface area contributed by atoms with Crippen molar-refractivity contribution in [1.29, 1.82) is 0 Å². The molecule has 1 heterocycles. The van der Waals surface area contributed by atoms with Gasteiger partial charge >= 0.3 is 0 Å². The highest BCUT2D eigenvalue weighted by molar-refractivity contribution is 6.00. The fourth-order valence-corrected chi connectivity index (χ4v) is 3.04. The first-order valence-electron chi connectivity index (χ1n) is 8.36. The fourth-order valence-electron chi connectivity index (χ4n) is 3.04. The van der Waals surface area contributed by atoms with Gasteiger partial charge < -0.3 is 21.7 Å². The number of nitrogen functional groups attached to an aromatic ring is 1. The third kappa shape index (κ3) is 4.67. The summed E-state index contributed by atoms with van der Waals surface area (Å²) in [5.74, 6) is -0.658. The third-order valence-corrected chi connectivity index (χ3v) is 4.35. The van der Waals surface area contributed by atoms with Gasteiger partial charge in [-0.2, -0.15) is 0 Å². The third-order valence-electron chi connectivity index (χ3n) is 4.35. The molecule has 0 radical (unpaired) electrons. The molecule has 0 saturated carbocycles. The zero-order valence-corrected chi connectivity index (χ0v) is 15.2. The molecule has 1 aliphatic rings. The Morgan fingerprint density at radius 2 is 1.69 bits per heavy atom. The molecule has 2 aromatic rings. The van der Waals surface area contributed by atoms with E-state index in [0.717, 1.165) is 37.2 Å². The summed E-state index contributed by atoms with van der Waals surface area (Å²) < 4.78 is 0. The van der Waals surface area contributed by atoms with E-state index < -0.39 is 5.91 Å². The number of carbonyl (C=O) groups is 2. The maximum Gasteiger partial charge on any atom is 0.248 e. The van der Waals surface area contributed by atoms with E-state index in [1.165, 1.54) is 0 Å². The molecule has 1 aliphatic heterocycles. The van der Waals surface area contributed by atoms with Crippen LogP contribution in [0.25, 0.3) is 0 Å². The molecule has 0 bridgehead atoms. The first-order valence-corrected chi connectivity index (χ1v) is 8.36. The molecule has 6 nitrogen and oxygen atoms in total. The molecule has 3 rings (SSSR count). The Morgan fingerprint density at radius 3 is 2.31 bits per heavy atom. The molecule has 0 atom stereocenters. The van der Waals surface area contributed by atoms with E-state index in [-0.39, 0.29) is 24.7 Å². The summed E-state index contributed by atoms with van der Waals surface area (Å²) in [6.45, 7) is 1.88. The fraction of sp³-hybridized carbons (Fsp3) is 0.263. The van der Waals surface area contributed by atoms with Crippen LogP contribution < -0.4 is 21.7 Å². The molecule has 1 saturated heterocycles. The van der Waals surface area contributed by atoms with Gasteiger partial charge in [-0.15, -0.1) is 12.4 Å². The number of nitrogens with zero attached hydrogens (tertiary/aromatic N) is 1. The lowest BCUT2D eigenvalue weighted by atomic mass is 10.1. The molecule has 0 unspecified atom stereocenters. The van der Waals surface area contributed by atoms with Crippen LogP contribution in [0.5, 0.6) is 0 Å². The molecule has 5 N–H and O–H groups in total. The van der Waals surface area contributed by atoms with Crippen LogP contribution in [-0.4, -0.2) is 24.9 Å². The summed E-state index contributed by atoms with van der Waals surface area (Å²) in [6.07, 6.45) is 2.48. The van der Waals surface area contributed by atoms with E-state index in [0.29, 0.717) is 16.9 Å². The van der Waals surface area contributed by atoms with Crippen LogP contribution in [0.2, 0.25) is 0 Å². The second-order valence-corrected chi connectivity index (χ2v) is 6.26. The average molecular weight is 375 g/mol. The Morgan fingerprint density at radius 1 is 1.04 bits per heavy atom. The monoisotopic (exact) mass is 374 g/mol. The van der Waals surface area contributed by atoms with Gasteiger partial charge in [0.25, 0.3) is 0 Å². The number of carbonyl (C=O) groups excluding carboxylic acids is 2. The zero-order valence-electron chi connectivity index (χ0n) is 14.4. The largest absolute Gasteiger partial charge is 0.399 e. The van der Waals surface area contributed by atoms with Crippen molar-refractivity contribution in [2.45, 2.75) is 19.3 Å². The number of halogens is 1. The number of rotatable bonds is 5. The minimum Gasteiger partial charge on any atom is -0.399 e. The first kappa shape index (κ1) is 19.6. The van der Waals surface area contributed by atoms with E-state index >= 15 is 0 Å². The van der Waals surface area contributed by atoms with E-state index in [4.69, 9.17) is 11.5 Å². The summed E-state index contributed by atoms with van der Waals surface area (Å²) >= 11 is 0. The van der Waals surface area contributed by atoms with Crippen molar-refractivity contribution in [2.75, 3.05) is 29.0 Å². The molecule has 2 aromatic carbocycles. The van der Waals surface area contributed by atoms with Crippen molar-refractivity contribution in [3.8, 4) is 0 Å². The lowest BCUT2D eigenvalue weighted by molar-refractivity contribution is -0.115. The van der Waals surface area contributed by atoms with Crippen LogP contribution in [-0.2, 0) is 11.2 Å². The summed E-state index contributed by atoms with van der Waals surface area (Å²) in [5.41, 5.74) is 14.5. The number of hydrogen-bond acceptors (Lipinski definition) is 4. The molecule has 0 spiro atoms. The first-order chi connectivity index (χ1) is 12.0. The van der Waals surface area contributed by atoms with E-state index in [1.54, 1.807) is 24.3 Å². The maximum atomic E-state index is 12.4. The van der Waals surface area contributed by atoms with Crippen molar-refractivity contribution in [3.05, 3.63) is 53.6 Å². The molecular formula is C19H23ClN4O2. The summed E-state index contributed by atoms with van der Waals surface area (Å²) in [7, 11) is 0. The van der Waals surface area contributed by atoms with Gasteiger partial charge in [0.2, 0.25) is 11.8 Å². The van der Waals surface area contributed by atoms with Crippen molar-refractivity contribution < 1.29 is 9.59 Å². The van der Waals surface area contributed by atoms with Crippen LogP contribution in [0.4, 0.5) is 17.1 Å².